The third-order valence-electron chi connectivity index (χ3n) is 5.27. The average molecular weight is 456 g/mol. The molecule has 0 spiro atoms. The molecule has 1 aromatic carbocycles. The number of pyridine rings is 1. The van der Waals surface area contributed by atoms with Crippen LogP contribution in [0.25, 0.3) is 0 Å². The molecule has 2 amide bonds. The zero-order valence-corrected chi connectivity index (χ0v) is 18.5. The van der Waals surface area contributed by atoms with Crippen LogP contribution >= 0.6 is 0 Å². The molecule has 2 aromatic rings. The van der Waals surface area contributed by atoms with Gasteiger partial charge in [0.05, 0.1) is 4.90 Å². The van der Waals surface area contributed by atoms with Crippen LogP contribution in [0.3, 0.4) is 0 Å². The maximum absolute atomic E-state index is 12.6. The Morgan fingerprint density at radius 3 is 2.59 bits per heavy atom. The topological polar surface area (TPSA) is 126 Å². The summed E-state index contributed by atoms with van der Waals surface area (Å²) in [4.78, 5) is 36.1. The summed E-state index contributed by atoms with van der Waals surface area (Å²) in [6, 6.07) is 10.3. The van der Waals surface area contributed by atoms with Crippen LogP contribution in [-0.2, 0) is 23.0 Å². The van der Waals surface area contributed by atoms with Crippen LogP contribution in [0.15, 0.2) is 52.2 Å². The van der Waals surface area contributed by atoms with Crippen LogP contribution in [0.4, 0.5) is 4.79 Å². The monoisotopic (exact) mass is 456 g/mol. The molecule has 0 saturated heterocycles. The Morgan fingerprint density at radius 1 is 1.19 bits per heavy atom. The van der Waals surface area contributed by atoms with Gasteiger partial charge >= 0.3 is 0 Å². The molecular weight excluding hydrogens is 431 g/mol. The Kier molecular flexibility index (Phi) is 7.52. The number of fused-ring (bicyclic) bond motifs is 1. The van der Waals surface area contributed by atoms with Crippen molar-refractivity contribution in [3.05, 3.63) is 64.1 Å². The van der Waals surface area contributed by atoms with E-state index >= 15 is 0 Å². The number of carbonyl (C=O) groups is 2. The lowest BCUT2D eigenvalue weighted by atomic mass is 9.95. The predicted molar refractivity (Wildman–Crippen MR) is 120 cm³/mol. The van der Waals surface area contributed by atoms with Crippen molar-refractivity contribution < 1.29 is 18.0 Å². The molecule has 0 aliphatic carbocycles. The average Bonchev–Trinajstić information content (AvgIpc) is 2.76. The summed E-state index contributed by atoms with van der Waals surface area (Å²) in [6.45, 7) is 2.53. The van der Waals surface area contributed by atoms with Gasteiger partial charge in [-0.15, -0.1) is 0 Å². The molecule has 9 nitrogen and oxygen atoms in total. The normalized spacial score (nSPS) is 16.6. The van der Waals surface area contributed by atoms with E-state index in [0.717, 1.165) is 12.1 Å². The van der Waals surface area contributed by atoms with Gasteiger partial charge in [-0.25, -0.2) is 13.1 Å². The van der Waals surface area contributed by atoms with Gasteiger partial charge in [-0.05, 0) is 43.9 Å². The first-order valence-corrected chi connectivity index (χ1v) is 11.8. The van der Waals surface area contributed by atoms with Gasteiger partial charge < -0.3 is 15.2 Å². The molecule has 168 valence electrons. The molecule has 32 heavy (non-hydrogen) atoms. The Hall–Kier alpha value is -2.92. The van der Waals surface area contributed by atoms with Gasteiger partial charge in [-0.2, -0.15) is 0 Å². The van der Waals surface area contributed by atoms with E-state index in [1.807, 2.05) is 0 Å². The molecule has 1 aliphatic heterocycles. The second-order valence-corrected chi connectivity index (χ2v) is 9.59. The lowest BCUT2D eigenvalue weighted by Crippen LogP contribution is -2.42. The van der Waals surface area contributed by atoms with E-state index in [0.29, 0.717) is 19.5 Å². The standard InChI is InChI=1S/C21H25BN4O5S/c1-14(25-32(30,31)18-5-3-2-4-6-18)11-23-20(28)16-9-17-8-7-15(12-24-21(22)29)13-26(17)19(27)10-16/h2-6,9-10,14-15,25H,7-8,11-13H2,1H3,(H,23,28)(H,24,29)/t14-,15?/m1/s1. The molecule has 0 fully saturated rings. The number of hydrogen-bond acceptors (Lipinski definition) is 5. The van der Waals surface area contributed by atoms with E-state index in [1.54, 1.807) is 35.8 Å². The number of carbonyl (C=O) groups excluding carboxylic acids is 2. The molecule has 0 bridgehead atoms. The van der Waals surface area contributed by atoms with Crippen LogP contribution in [0, 0.1) is 5.92 Å². The van der Waals surface area contributed by atoms with Gasteiger partial charge in [0.2, 0.25) is 10.0 Å². The maximum Gasteiger partial charge on any atom is 0.251 e. The molecule has 2 atom stereocenters. The maximum atomic E-state index is 12.6. The van der Waals surface area contributed by atoms with E-state index in [2.05, 4.69) is 15.4 Å². The lowest BCUT2D eigenvalue weighted by molar-refractivity contribution is 0.0950. The van der Waals surface area contributed by atoms with Gasteiger partial charge in [-0.3, -0.25) is 14.4 Å². The molecular formula is C21H25BN4O5S. The molecule has 1 aliphatic rings. The number of sulfonamides is 1. The zero-order valence-electron chi connectivity index (χ0n) is 17.7. The number of hydrogen-bond donors (Lipinski definition) is 3. The minimum Gasteiger partial charge on any atom is -0.366 e. The first kappa shape index (κ1) is 23.7. The first-order chi connectivity index (χ1) is 15.2. The van der Waals surface area contributed by atoms with Crippen LogP contribution < -0.4 is 20.9 Å². The summed E-state index contributed by atoms with van der Waals surface area (Å²) in [5.41, 5.74) is 0.679. The Bertz CT molecular complexity index is 1150. The van der Waals surface area contributed by atoms with Gasteiger partial charge in [0.15, 0.2) is 13.7 Å². The van der Waals surface area contributed by atoms with Crippen molar-refractivity contribution in [2.24, 2.45) is 5.92 Å². The number of nitrogens with zero attached hydrogens (tertiary/aromatic N) is 1. The van der Waals surface area contributed by atoms with E-state index in [-0.39, 0.29) is 28.5 Å². The summed E-state index contributed by atoms with van der Waals surface area (Å²) in [5.74, 6) is -0.963. The van der Waals surface area contributed by atoms with Crippen molar-refractivity contribution in [2.75, 3.05) is 13.1 Å². The van der Waals surface area contributed by atoms with E-state index in [9.17, 15) is 22.8 Å². The number of aromatic nitrogens is 1. The van der Waals surface area contributed by atoms with Gasteiger partial charge in [0.1, 0.15) is 0 Å². The minimum atomic E-state index is -3.69. The third-order valence-corrected chi connectivity index (χ3v) is 6.87. The van der Waals surface area contributed by atoms with Crippen molar-refractivity contribution in [3.8, 4) is 0 Å². The number of aryl methyl sites for hydroxylation is 1. The molecule has 1 aromatic heterocycles. The molecule has 11 heteroatoms. The van der Waals surface area contributed by atoms with Gasteiger partial charge in [-0.1, -0.05) is 18.2 Å². The molecule has 0 saturated carbocycles. The van der Waals surface area contributed by atoms with Crippen molar-refractivity contribution >= 4 is 29.6 Å². The summed E-state index contributed by atoms with van der Waals surface area (Å²) in [7, 11) is 1.40. The molecule has 3 N–H and O–H groups in total. The highest BCUT2D eigenvalue weighted by atomic mass is 32.2. The first-order valence-electron chi connectivity index (χ1n) is 10.3. The smallest absolute Gasteiger partial charge is 0.251 e. The van der Waals surface area contributed by atoms with Crippen LogP contribution in [0.5, 0.6) is 0 Å². The minimum absolute atomic E-state index is 0.0597. The van der Waals surface area contributed by atoms with E-state index in [4.69, 9.17) is 7.85 Å². The summed E-state index contributed by atoms with van der Waals surface area (Å²) in [6.07, 6.45) is 1.35. The summed E-state index contributed by atoms with van der Waals surface area (Å²) < 4.78 is 28.9. The third kappa shape index (κ3) is 6.07. The quantitative estimate of drug-likeness (QED) is 0.496. The highest BCUT2D eigenvalue weighted by Crippen LogP contribution is 2.18. The fourth-order valence-electron chi connectivity index (χ4n) is 3.63. The molecule has 3 rings (SSSR count). The SMILES string of the molecule is [B]C(=O)NCC1CCc2cc(C(=O)NC[C@@H](C)NS(=O)(=O)c3ccccc3)cc(=O)n2C1. The van der Waals surface area contributed by atoms with Crippen molar-refractivity contribution in [2.45, 2.75) is 37.2 Å². The Morgan fingerprint density at radius 2 is 1.91 bits per heavy atom. The van der Waals surface area contributed by atoms with E-state index < -0.39 is 27.8 Å². The fraction of sp³-hybridized carbons (Fsp3) is 0.381. The van der Waals surface area contributed by atoms with Crippen LogP contribution in [0.2, 0.25) is 0 Å². The van der Waals surface area contributed by atoms with Crippen LogP contribution in [0.1, 0.15) is 29.4 Å². The predicted octanol–water partition coefficient (Wildman–Crippen LogP) is 0.386. The number of nitrogens with one attached hydrogen (secondary N) is 3. The molecule has 2 heterocycles. The molecule has 2 radical (unpaired) electrons. The Labute approximate surface area is 188 Å². The highest BCUT2D eigenvalue weighted by molar-refractivity contribution is 7.89. The number of rotatable bonds is 8. The lowest BCUT2D eigenvalue weighted by Gasteiger charge is -2.26. The Balaban J connectivity index is 1.60. The van der Waals surface area contributed by atoms with E-state index in [1.165, 1.54) is 18.2 Å². The summed E-state index contributed by atoms with van der Waals surface area (Å²) in [5, 5.41) is 5.23. The van der Waals surface area contributed by atoms with Crippen LogP contribution in [-0.4, -0.2) is 51.7 Å². The second kappa shape index (κ2) is 10.1. The number of amides is 2. The number of benzene rings is 1. The zero-order chi connectivity index (χ0) is 23.3. The highest BCUT2D eigenvalue weighted by Gasteiger charge is 2.22. The second-order valence-electron chi connectivity index (χ2n) is 7.88. The largest absolute Gasteiger partial charge is 0.366 e. The molecule has 1 unspecified atom stereocenters. The van der Waals surface area contributed by atoms with Crippen molar-refractivity contribution in [3.63, 3.8) is 0 Å². The van der Waals surface area contributed by atoms with Gasteiger partial charge in [0.25, 0.3) is 11.5 Å². The summed E-state index contributed by atoms with van der Waals surface area (Å²) >= 11 is 0. The van der Waals surface area contributed by atoms with Crippen molar-refractivity contribution in [1.29, 1.82) is 0 Å². The van der Waals surface area contributed by atoms with Crippen molar-refractivity contribution in [1.82, 2.24) is 19.9 Å². The van der Waals surface area contributed by atoms with Gasteiger partial charge in [0, 0.05) is 43.0 Å². The fourth-order valence-corrected chi connectivity index (χ4v) is 4.90.